The first kappa shape index (κ1) is 13.9. The first-order valence-electron chi connectivity index (χ1n) is 5.54. The van der Waals surface area contributed by atoms with Crippen LogP contribution in [-0.4, -0.2) is 36.6 Å². The van der Waals surface area contributed by atoms with Gasteiger partial charge in [-0.1, -0.05) is 20.3 Å². The summed E-state index contributed by atoms with van der Waals surface area (Å²) < 4.78 is 5.41. The van der Waals surface area contributed by atoms with E-state index in [9.17, 15) is 0 Å². The van der Waals surface area contributed by atoms with E-state index in [1.165, 1.54) is 0 Å². The topological polar surface area (TPSA) is 49.7 Å². The van der Waals surface area contributed by atoms with E-state index in [0.29, 0.717) is 6.61 Å². The zero-order chi connectivity index (χ0) is 10.9. The smallest absolute Gasteiger partial charge is 0.0510 e. The Bertz CT molecular complexity index is 113. The second-order valence-corrected chi connectivity index (χ2v) is 3.89. The van der Waals surface area contributed by atoms with Crippen LogP contribution in [0.2, 0.25) is 0 Å². The first-order chi connectivity index (χ1) is 6.74. The Kier molecular flexibility index (Phi) is 8.14. The van der Waals surface area contributed by atoms with Crippen molar-refractivity contribution in [3.05, 3.63) is 0 Å². The summed E-state index contributed by atoms with van der Waals surface area (Å²) in [5, 5.41) is 18.3. The van der Waals surface area contributed by atoms with Crippen LogP contribution in [0.4, 0.5) is 0 Å². The molecule has 0 bridgehead atoms. The molecule has 0 aliphatic heterocycles. The third-order valence-corrected chi connectivity index (χ3v) is 2.84. The van der Waals surface area contributed by atoms with Gasteiger partial charge in [-0.05, 0) is 19.3 Å². The summed E-state index contributed by atoms with van der Waals surface area (Å²) in [6, 6.07) is 0. The van der Waals surface area contributed by atoms with Crippen LogP contribution in [0.3, 0.4) is 0 Å². The molecule has 0 aromatic rings. The van der Waals surface area contributed by atoms with Gasteiger partial charge in [0.1, 0.15) is 0 Å². The van der Waals surface area contributed by atoms with E-state index in [4.69, 9.17) is 14.9 Å². The van der Waals surface area contributed by atoms with Gasteiger partial charge in [-0.2, -0.15) is 0 Å². The van der Waals surface area contributed by atoms with E-state index in [1.54, 1.807) is 0 Å². The summed E-state index contributed by atoms with van der Waals surface area (Å²) in [4.78, 5) is 0. The third kappa shape index (κ3) is 4.94. The van der Waals surface area contributed by atoms with Crippen LogP contribution < -0.4 is 0 Å². The van der Waals surface area contributed by atoms with Crippen molar-refractivity contribution in [2.75, 3.05) is 26.4 Å². The SMILES string of the molecule is CCCCOCCC(CC)(CO)CO. The summed E-state index contributed by atoms with van der Waals surface area (Å²) in [5.74, 6) is 0. The molecule has 0 amide bonds. The standard InChI is InChI=1S/C11H24O3/c1-3-5-7-14-8-6-11(4-2,9-12)10-13/h12-13H,3-10H2,1-2H3. The molecule has 0 saturated heterocycles. The highest BCUT2D eigenvalue weighted by Gasteiger charge is 2.25. The highest BCUT2D eigenvalue weighted by Crippen LogP contribution is 2.24. The molecule has 0 rings (SSSR count). The molecule has 0 radical (unpaired) electrons. The number of rotatable bonds is 9. The summed E-state index contributed by atoms with van der Waals surface area (Å²) in [5.41, 5.74) is -0.341. The molecule has 3 heteroatoms. The third-order valence-electron chi connectivity index (χ3n) is 2.84. The van der Waals surface area contributed by atoms with Crippen LogP contribution in [0.25, 0.3) is 0 Å². The van der Waals surface area contributed by atoms with Crippen LogP contribution in [0, 0.1) is 5.41 Å². The molecule has 0 aliphatic carbocycles. The van der Waals surface area contributed by atoms with Crippen molar-refractivity contribution in [2.45, 2.75) is 39.5 Å². The fourth-order valence-electron chi connectivity index (χ4n) is 1.25. The maximum absolute atomic E-state index is 9.16. The van der Waals surface area contributed by atoms with Crippen molar-refractivity contribution in [3.8, 4) is 0 Å². The van der Waals surface area contributed by atoms with Gasteiger partial charge in [-0.3, -0.25) is 0 Å². The molecule has 0 atom stereocenters. The van der Waals surface area contributed by atoms with Gasteiger partial charge in [0, 0.05) is 18.6 Å². The highest BCUT2D eigenvalue weighted by molar-refractivity contribution is 4.75. The van der Waals surface area contributed by atoms with E-state index < -0.39 is 0 Å². The highest BCUT2D eigenvalue weighted by atomic mass is 16.5. The fourth-order valence-corrected chi connectivity index (χ4v) is 1.25. The van der Waals surface area contributed by atoms with E-state index >= 15 is 0 Å². The number of aliphatic hydroxyl groups excluding tert-OH is 2. The molecular formula is C11H24O3. The zero-order valence-corrected chi connectivity index (χ0v) is 9.46. The molecule has 0 fully saturated rings. The Labute approximate surface area is 87.1 Å². The van der Waals surface area contributed by atoms with E-state index in [2.05, 4.69) is 6.92 Å². The number of ether oxygens (including phenoxy) is 1. The summed E-state index contributed by atoms with van der Waals surface area (Å²) in [6.07, 6.45) is 3.74. The van der Waals surface area contributed by atoms with Gasteiger partial charge in [0.25, 0.3) is 0 Å². The van der Waals surface area contributed by atoms with Crippen molar-refractivity contribution in [1.82, 2.24) is 0 Å². The maximum Gasteiger partial charge on any atom is 0.0510 e. The predicted molar refractivity (Wildman–Crippen MR) is 57.2 cm³/mol. The fraction of sp³-hybridized carbons (Fsp3) is 1.00. The van der Waals surface area contributed by atoms with Crippen molar-refractivity contribution in [1.29, 1.82) is 0 Å². The van der Waals surface area contributed by atoms with Gasteiger partial charge >= 0.3 is 0 Å². The minimum atomic E-state index is -0.341. The van der Waals surface area contributed by atoms with Gasteiger partial charge in [0.05, 0.1) is 13.2 Å². The predicted octanol–water partition coefficient (Wildman–Crippen LogP) is 1.57. The van der Waals surface area contributed by atoms with Crippen LogP contribution in [-0.2, 0) is 4.74 Å². The molecule has 0 heterocycles. The van der Waals surface area contributed by atoms with Gasteiger partial charge in [-0.15, -0.1) is 0 Å². The second kappa shape index (κ2) is 8.21. The average Bonchev–Trinajstić information content (AvgIpc) is 2.24. The molecular weight excluding hydrogens is 180 g/mol. The number of hydrogen-bond donors (Lipinski definition) is 2. The first-order valence-corrected chi connectivity index (χ1v) is 5.54. The molecule has 3 nitrogen and oxygen atoms in total. The molecule has 2 N–H and O–H groups in total. The molecule has 0 saturated carbocycles. The lowest BCUT2D eigenvalue weighted by Gasteiger charge is -2.27. The van der Waals surface area contributed by atoms with Crippen LogP contribution >= 0.6 is 0 Å². The largest absolute Gasteiger partial charge is 0.396 e. The van der Waals surface area contributed by atoms with Crippen LogP contribution in [0.5, 0.6) is 0 Å². The van der Waals surface area contributed by atoms with Crippen molar-refractivity contribution < 1.29 is 14.9 Å². The van der Waals surface area contributed by atoms with Gasteiger partial charge in [0.2, 0.25) is 0 Å². The number of aliphatic hydroxyl groups is 2. The van der Waals surface area contributed by atoms with Gasteiger partial charge in [0.15, 0.2) is 0 Å². The summed E-state index contributed by atoms with van der Waals surface area (Å²) in [6.45, 7) is 5.61. The number of hydrogen-bond acceptors (Lipinski definition) is 3. The maximum atomic E-state index is 9.16. The van der Waals surface area contributed by atoms with Crippen LogP contribution in [0.15, 0.2) is 0 Å². The molecule has 0 aromatic carbocycles. The van der Waals surface area contributed by atoms with Crippen molar-refractivity contribution in [3.63, 3.8) is 0 Å². The average molecular weight is 204 g/mol. The van der Waals surface area contributed by atoms with Crippen molar-refractivity contribution in [2.24, 2.45) is 5.41 Å². The summed E-state index contributed by atoms with van der Waals surface area (Å²) >= 11 is 0. The quantitative estimate of drug-likeness (QED) is 0.561. The lowest BCUT2D eigenvalue weighted by Crippen LogP contribution is -2.30. The Morgan fingerprint density at radius 1 is 1.07 bits per heavy atom. The minimum Gasteiger partial charge on any atom is -0.396 e. The number of unbranched alkanes of at least 4 members (excludes halogenated alkanes) is 1. The van der Waals surface area contributed by atoms with Gasteiger partial charge < -0.3 is 14.9 Å². The summed E-state index contributed by atoms with van der Waals surface area (Å²) in [7, 11) is 0. The molecule has 0 aromatic heterocycles. The zero-order valence-electron chi connectivity index (χ0n) is 9.46. The Hall–Kier alpha value is -0.120. The lowest BCUT2D eigenvalue weighted by molar-refractivity contribution is 0.0128. The van der Waals surface area contributed by atoms with Gasteiger partial charge in [-0.25, -0.2) is 0 Å². The minimum absolute atomic E-state index is 0.0388. The Balaban J connectivity index is 3.61. The van der Waals surface area contributed by atoms with Crippen LogP contribution in [0.1, 0.15) is 39.5 Å². The Morgan fingerprint density at radius 3 is 2.14 bits per heavy atom. The van der Waals surface area contributed by atoms with E-state index in [1.807, 2.05) is 6.92 Å². The monoisotopic (exact) mass is 204 g/mol. The van der Waals surface area contributed by atoms with Crippen molar-refractivity contribution >= 4 is 0 Å². The van der Waals surface area contributed by atoms with E-state index in [0.717, 1.165) is 32.3 Å². The molecule has 0 aliphatic rings. The lowest BCUT2D eigenvalue weighted by atomic mass is 9.84. The molecule has 0 unspecified atom stereocenters. The second-order valence-electron chi connectivity index (χ2n) is 3.89. The molecule has 14 heavy (non-hydrogen) atoms. The molecule has 86 valence electrons. The van der Waals surface area contributed by atoms with E-state index in [-0.39, 0.29) is 18.6 Å². The molecule has 0 spiro atoms. The Morgan fingerprint density at radius 2 is 1.71 bits per heavy atom. The normalized spacial score (nSPS) is 12.0.